The smallest absolute Gasteiger partial charge is 0.118 e. The highest BCUT2D eigenvalue weighted by Gasteiger charge is 2.07. The molecular weight excluding hydrogens is 210 g/mol. The quantitative estimate of drug-likeness (QED) is 0.793. The van der Waals surface area contributed by atoms with Crippen LogP contribution < -0.4 is 11.1 Å². The van der Waals surface area contributed by atoms with Gasteiger partial charge in [-0.15, -0.1) is 0 Å². The SMILES string of the molecule is Cc1ccc(NC(N)c2ccccn2)c(C)c1. The van der Waals surface area contributed by atoms with Gasteiger partial charge in [0.15, 0.2) is 0 Å². The largest absolute Gasteiger partial charge is 0.365 e. The van der Waals surface area contributed by atoms with Gasteiger partial charge in [-0.3, -0.25) is 4.98 Å². The maximum atomic E-state index is 6.06. The van der Waals surface area contributed by atoms with Crippen molar-refractivity contribution in [1.82, 2.24) is 4.98 Å². The Bertz CT molecular complexity index is 494. The van der Waals surface area contributed by atoms with E-state index < -0.39 is 0 Å². The molecule has 0 spiro atoms. The summed E-state index contributed by atoms with van der Waals surface area (Å²) >= 11 is 0. The molecule has 3 N–H and O–H groups in total. The van der Waals surface area contributed by atoms with Crippen LogP contribution in [0.15, 0.2) is 42.6 Å². The molecule has 1 aromatic carbocycles. The van der Waals surface area contributed by atoms with Crippen LogP contribution in [-0.2, 0) is 0 Å². The highest BCUT2D eigenvalue weighted by atomic mass is 15.0. The van der Waals surface area contributed by atoms with E-state index in [2.05, 4.69) is 36.3 Å². The third kappa shape index (κ3) is 2.82. The summed E-state index contributed by atoms with van der Waals surface area (Å²) in [6.07, 6.45) is 1.47. The molecule has 0 aliphatic heterocycles. The fourth-order valence-electron chi connectivity index (χ4n) is 1.78. The first-order valence-corrected chi connectivity index (χ1v) is 5.67. The van der Waals surface area contributed by atoms with Crippen LogP contribution in [0.2, 0.25) is 0 Å². The summed E-state index contributed by atoms with van der Waals surface area (Å²) in [6.45, 7) is 4.15. The van der Waals surface area contributed by atoms with Crippen molar-refractivity contribution in [3.05, 3.63) is 59.4 Å². The van der Waals surface area contributed by atoms with Crippen LogP contribution in [0.1, 0.15) is 23.0 Å². The topological polar surface area (TPSA) is 50.9 Å². The second-order valence-corrected chi connectivity index (χ2v) is 4.19. The second kappa shape index (κ2) is 4.97. The van der Waals surface area contributed by atoms with Gasteiger partial charge in [0.25, 0.3) is 0 Å². The van der Waals surface area contributed by atoms with Gasteiger partial charge in [-0.2, -0.15) is 0 Å². The highest BCUT2D eigenvalue weighted by Crippen LogP contribution is 2.19. The Morgan fingerprint density at radius 1 is 1.18 bits per heavy atom. The maximum absolute atomic E-state index is 6.06. The monoisotopic (exact) mass is 227 g/mol. The van der Waals surface area contributed by atoms with Gasteiger partial charge >= 0.3 is 0 Å². The lowest BCUT2D eigenvalue weighted by Gasteiger charge is -2.16. The number of nitrogens with two attached hydrogens (primary N) is 1. The summed E-state index contributed by atoms with van der Waals surface area (Å²) in [5, 5.41) is 3.27. The molecular formula is C14H17N3. The Kier molecular flexibility index (Phi) is 3.40. The predicted molar refractivity (Wildman–Crippen MR) is 70.7 cm³/mol. The molecule has 1 aromatic heterocycles. The van der Waals surface area contributed by atoms with Crippen LogP contribution >= 0.6 is 0 Å². The van der Waals surface area contributed by atoms with E-state index in [9.17, 15) is 0 Å². The number of rotatable bonds is 3. The van der Waals surface area contributed by atoms with Crippen molar-refractivity contribution in [2.45, 2.75) is 20.0 Å². The first-order valence-electron chi connectivity index (χ1n) is 5.67. The van der Waals surface area contributed by atoms with Gasteiger partial charge in [0, 0.05) is 11.9 Å². The normalized spacial score (nSPS) is 12.2. The minimum Gasteiger partial charge on any atom is -0.365 e. The van der Waals surface area contributed by atoms with E-state index in [1.54, 1.807) is 6.20 Å². The van der Waals surface area contributed by atoms with Crippen molar-refractivity contribution in [2.24, 2.45) is 5.73 Å². The molecule has 0 bridgehead atoms. The minimum absolute atomic E-state index is 0.280. The standard InChI is InChI=1S/C14H17N3/c1-10-6-7-12(11(2)9-10)17-14(15)13-5-3-4-8-16-13/h3-9,14,17H,15H2,1-2H3. The molecule has 1 atom stereocenters. The van der Waals surface area contributed by atoms with Gasteiger partial charge in [0.1, 0.15) is 6.17 Å². The van der Waals surface area contributed by atoms with Crippen molar-refractivity contribution < 1.29 is 0 Å². The van der Waals surface area contributed by atoms with E-state index >= 15 is 0 Å². The lowest BCUT2D eigenvalue weighted by Crippen LogP contribution is -2.21. The summed E-state index contributed by atoms with van der Waals surface area (Å²) in [6, 6.07) is 12.0. The van der Waals surface area contributed by atoms with Crippen LogP contribution in [0, 0.1) is 13.8 Å². The van der Waals surface area contributed by atoms with Crippen LogP contribution in [0.25, 0.3) is 0 Å². The molecule has 1 unspecified atom stereocenters. The van der Waals surface area contributed by atoms with Crippen LogP contribution in [-0.4, -0.2) is 4.98 Å². The number of aryl methyl sites for hydroxylation is 2. The number of anilines is 1. The third-order valence-electron chi connectivity index (χ3n) is 2.70. The Hall–Kier alpha value is -1.87. The average molecular weight is 227 g/mol. The number of pyridine rings is 1. The number of aromatic nitrogens is 1. The number of nitrogens with one attached hydrogen (secondary N) is 1. The summed E-state index contributed by atoms with van der Waals surface area (Å²) in [4.78, 5) is 4.23. The first-order chi connectivity index (χ1) is 8.16. The zero-order valence-corrected chi connectivity index (χ0v) is 10.1. The molecule has 88 valence electrons. The van der Waals surface area contributed by atoms with Crippen LogP contribution in [0.3, 0.4) is 0 Å². The van der Waals surface area contributed by atoms with Crippen molar-refractivity contribution >= 4 is 5.69 Å². The van der Waals surface area contributed by atoms with E-state index in [0.29, 0.717) is 0 Å². The second-order valence-electron chi connectivity index (χ2n) is 4.19. The van der Waals surface area contributed by atoms with Crippen LogP contribution in [0.4, 0.5) is 5.69 Å². The van der Waals surface area contributed by atoms with Gasteiger partial charge in [-0.1, -0.05) is 23.8 Å². The van der Waals surface area contributed by atoms with E-state index in [4.69, 9.17) is 5.73 Å². The zero-order valence-electron chi connectivity index (χ0n) is 10.1. The molecule has 3 nitrogen and oxygen atoms in total. The van der Waals surface area contributed by atoms with Gasteiger partial charge in [0.2, 0.25) is 0 Å². The minimum atomic E-state index is -0.280. The molecule has 0 amide bonds. The Morgan fingerprint density at radius 2 is 2.00 bits per heavy atom. The maximum Gasteiger partial charge on any atom is 0.118 e. The molecule has 2 aromatic rings. The Morgan fingerprint density at radius 3 is 2.65 bits per heavy atom. The summed E-state index contributed by atoms with van der Waals surface area (Å²) in [7, 11) is 0. The van der Waals surface area contributed by atoms with Crippen molar-refractivity contribution in [3.8, 4) is 0 Å². The van der Waals surface area contributed by atoms with E-state index in [-0.39, 0.29) is 6.17 Å². The number of benzene rings is 1. The van der Waals surface area contributed by atoms with E-state index in [0.717, 1.165) is 11.4 Å². The van der Waals surface area contributed by atoms with E-state index in [1.165, 1.54) is 11.1 Å². The summed E-state index contributed by atoms with van der Waals surface area (Å²) in [5.74, 6) is 0. The van der Waals surface area contributed by atoms with Gasteiger partial charge < -0.3 is 11.1 Å². The number of hydrogen-bond acceptors (Lipinski definition) is 3. The molecule has 2 rings (SSSR count). The molecule has 0 radical (unpaired) electrons. The third-order valence-corrected chi connectivity index (χ3v) is 2.70. The molecule has 17 heavy (non-hydrogen) atoms. The predicted octanol–water partition coefficient (Wildman–Crippen LogP) is 2.77. The summed E-state index contributed by atoms with van der Waals surface area (Å²) in [5.41, 5.74) is 10.4. The highest BCUT2D eigenvalue weighted by molar-refractivity contribution is 5.52. The van der Waals surface area contributed by atoms with Gasteiger partial charge in [0.05, 0.1) is 5.69 Å². The Labute approximate surface area is 102 Å². The number of nitrogens with zero attached hydrogens (tertiary/aromatic N) is 1. The van der Waals surface area contributed by atoms with Gasteiger partial charge in [-0.25, -0.2) is 0 Å². The lowest BCUT2D eigenvalue weighted by molar-refractivity contribution is 0.796. The average Bonchev–Trinajstić information content (AvgIpc) is 2.34. The molecule has 0 saturated heterocycles. The van der Waals surface area contributed by atoms with Crippen molar-refractivity contribution in [3.63, 3.8) is 0 Å². The molecule has 0 fully saturated rings. The fourth-order valence-corrected chi connectivity index (χ4v) is 1.78. The Balaban J connectivity index is 2.16. The fraction of sp³-hybridized carbons (Fsp3) is 0.214. The first kappa shape index (κ1) is 11.6. The lowest BCUT2D eigenvalue weighted by atomic mass is 10.1. The summed E-state index contributed by atoms with van der Waals surface area (Å²) < 4.78 is 0. The van der Waals surface area contributed by atoms with Gasteiger partial charge in [-0.05, 0) is 37.6 Å². The van der Waals surface area contributed by atoms with Crippen molar-refractivity contribution in [2.75, 3.05) is 5.32 Å². The van der Waals surface area contributed by atoms with Crippen molar-refractivity contribution in [1.29, 1.82) is 0 Å². The zero-order chi connectivity index (χ0) is 12.3. The number of hydrogen-bond donors (Lipinski definition) is 2. The van der Waals surface area contributed by atoms with E-state index in [1.807, 2.05) is 24.3 Å². The molecule has 1 heterocycles. The molecule has 0 saturated carbocycles. The van der Waals surface area contributed by atoms with Crippen LogP contribution in [0.5, 0.6) is 0 Å². The molecule has 0 aliphatic carbocycles. The molecule has 3 heteroatoms. The molecule has 0 aliphatic rings.